The first-order valence-electron chi connectivity index (χ1n) is 5.82. The van der Waals surface area contributed by atoms with Gasteiger partial charge in [0.25, 0.3) is 0 Å². The molecular formula is C15H16FNO. The highest BCUT2D eigenvalue weighted by atomic mass is 19.1. The molecule has 2 nitrogen and oxygen atoms in total. The molecule has 0 aliphatic carbocycles. The molecular weight excluding hydrogens is 229 g/mol. The number of aryl methyl sites for hydroxylation is 1. The topological polar surface area (TPSA) is 23.5 Å². The van der Waals surface area contributed by atoms with Crippen molar-refractivity contribution in [3.63, 3.8) is 0 Å². The van der Waals surface area contributed by atoms with Gasteiger partial charge in [-0.3, -0.25) is 0 Å². The van der Waals surface area contributed by atoms with Gasteiger partial charge in [-0.1, -0.05) is 30.3 Å². The fraction of sp³-hybridized carbons (Fsp3) is 0.200. The Kier molecular flexibility index (Phi) is 3.63. The minimum absolute atomic E-state index is 0.177. The summed E-state index contributed by atoms with van der Waals surface area (Å²) in [6.07, 6.45) is 0. The molecule has 0 bridgehead atoms. The zero-order valence-corrected chi connectivity index (χ0v) is 10.5. The normalized spacial score (nSPS) is 10.4. The van der Waals surface area contributed by atoms with E-state index in [0.717, 1.165) is 11.3 Å². The van der Waals surface area contributed by atoms with Gasteiger partial charge in [0.1, 0.15) is 5.82 Å². The third-order valence-corrected chi connectivity index (χ3v) is 3.05. The van der Waals surface area contributed by atoms with Crippen LogP contribution >= 0.6 is 0 Å². The maximum absolute atomic E-state index is 14.0. The molecule has 0 spiro atoms. The molecule has 0 fully saturated rings. The Balaban J connectivity index is 2.52. The number of benzene rings is 2. The van der Waals surface area contributed by atoms with E-state index in [1.165, 1.54) is 6.07 Å². The number of anilines is 2. The van der Waals surface area contributed by atoms with Gasteiger partial charge < -0.3 is 10.0 Å². The Morgan fingerprint density at radius 3 is 2.50 bits per heavy atom. The summed E-state index contributed by atoms with van der Waals surface area (Å²) in [5.74, 6) is -0.327. The number of nitrogens with zero attached hydrogens (tertiary/aromatic N) is 1. The molecule has 0 heterocycles. The third kappa shape index (κ3) is 2.22. The summed E-state index contributed by atoms with van der Waals surface area (Å²) < 4.78 is 14.0. The van der Waals surface area contributed by atoms with E-state index in [1.54, 1.807) is 24.1 Å². The lowest BCUT2D eigenvalue weighted by atomic mass is 10.1. The SMILES string of the molecule is Cc1ccccc1N(C)c1c(F)cccc1CO. The first-order valence-corrected chi connectivity index (χ1v) is 5.82. The maximum atomic E-state index is 14.0. The minimum atomic E-state index is -0.327. The molecule has 0 radical (unpaired) electrons. The van der Waals surface area contributed by atoms with Crippen LogP contribution in [0.15, 0.2) is 42.5 Å². The Bertz CT molecular complexity index is 554. The highest BCUT2D eigenvalue weighted by Crippen LogP contribution is 2.31. The summed E-state index contributed by atoms with van der Waals surface area (Å²) >= 11 is 0. The molecule has 0 atom stereocenters. The van der Waals surface area contributed by atoms with Crippen LogP contribution in [0.1, 0.15) is 11.1 Å². The van der Waals surface area contributed by atoms with Crippen molar-refractivity contribution in [3.05, 3.63) is 59.4 Å². The van der Waals surface area contributed by atoms with E-state index >= 15 is 0 Å². The summed E-state index contributed by atoms with van der Waals surface area (Å²) in [5.41, 5.74) is 3.00. The number of rotatable bonds is 3. The number of aliphatic hydroxyl groups excluding tert-OH is 1. The van der Waals surface area contributed by atoms with Crippen molar-refractivity contribution in [1.82, 2.24) is 0 Å². The van der Waals surface area contributed by atoms with E-state index < -0.39 is 0 Å². The highest BCUT2D eigenvalue weighted by molar-refractivity contribution is 5.68. The fourth-order valence-electron chi connectivity index (χ4n) is 2.12. The fourth-order valence-corrected chi connectivity index (χ4v) is 2.12. The van der Waals surface area contributed by atoms with Crippen LogP contribution in [0.5, 0.6) is 0 Å². The van der Waals surface area contributed by atoms with E-state index in [9.17, 15) is 9.50 Å². The molecule has 0 aromatic heterocycles. The molecule has 0 saturated heterocycles. The van der Waals surface area contributed by atoms with E-state index in [1.807, 2.05) is 31.2 Å². The van der Waals surface area contributed by atoms with Crippen LogP contribution in [0, 0.1) is 12.7 Å². The standard InChI is InChI=1S/C15H16FNO/c1-11-6-3-4-9-14(11)17(2)15-12(10-18)7-5-8-13(15)16/h3-9,18H,10H2,1-2H3. The van der Waals surface area contributed by atoms with E-state index in [4.69, 9.17) is 0 Å². The molecule has 0 aliphatic heterocycles. The Morgan fingerprint density at radius 2 is 1.83 bits per heavy atom. The van der Waals surface area contributed by atoms with Crippen molar-refractivity contribution < 1.29 is 9.50 Å². The molecule has 1 N–H and O–H groups in total. The molecule has 94 valence electrons. The molecule has 2 rings (SSSR count). The molecule has 2 aromatic carbocycles. The lowest BCUT2D eigenvalue weighted by Crippen LogP contribution is -2.14. The zero-order valence-electron chi connectivity index (χ0n) is 10.5. The number of hydrogen-bond acceptors (Lipinski definition) is 2. The van der Waals surface area contributed by atoms with E-state index in [0.29, 0.717) is 11.3 Å². The third-order valence-electron chi connectivity index (χ3n) is 3.05. The number of aliphatic hydroxyl groups is 1. The highest BCUT2D eigenvalue weighted by Gasteiger charge is 2.14. The van der Waals surface area contributed by atoms with Gasteiger partial charge in [-0.15, -0.1) is 0 Å². The van der Waals surface area contributed by atoms with Gasteiger partial charge in [0.05, 0.1) is 12.3 Å². The Hall–Kier alpha value is -1.87. The van der Waals surface area contributed by atoms with Gasteiger partial charge in [-0.05, 0) is 24.6 Å². The van der Waals surface area contributed by atoms with Crippen molar-refractivity contribution in [3.8, 4) is 0 Å². The average molecular weight is 245 g/mol. The van der Waals surface area contributed by atoms with Crippen LogP contribution in [-0.4, -0.2) is 12.2 Å². The summed E-state index contributed by atoms with van der Waals surface area (Å²) in [5, 5.41) is 9.31. The number of hydrogen-bond donors (Lipinski definition) is 1. The molecule has 18 heavy (non-hydrogen) atoms. The largest absolute Gasteiger partial charge is 0.392 e. The van der Waals surface area contributed by atoms with Gasteiger partial charge in [0, 0.05) is 18.3 Å². The minimum Gasteiger partial charge on any atom is -0.392 e. The Labute approximate surface area is 106 Å². The summed E-state index contributed by atoms with van der Waals surface area (Å²) in [6, 6.07) is 12.5. The molecule has 0 aliphatic rings. The predicted molar refractivity (Wildman–Crippen MR) is 71.6 cm³/mol. The zero-order chi connectivity index (χ0) is 13.1. The van der Waals surface area contributed by atoms with Crippen LogP contribution in [0.3, 0.4) is 0 Å². The van der Waals surface area contributed by atoms with Gasteiger partial charge in [0.2, 0.25) is 0 Å². The smallest absolute Gasteiger partial charge is 0.147 e. The van der Waals surface area contributed by atoms with Crippen molar-refractivity contribution in [2.24, 2.45) is 0 Å². The van der Waals surface area contributed by atoms with Crippen LogP contribution in [0.25, 0.3) is 0 Å². The van der Waals surface area contributed by atoms with Gasteiger partial charge >= 0.3 is 0 Å². The first kappa shape index (κ1) is 12.6. The van der Waals surface area contributed by atoms with Gasteiger partial charge in [-0.2, -0.15) is 0 Å². The quantitative estimate of drug-likeness (QED) is 0.896. The van der Waals surface area contributed by atoms with Crippen molar-refractivity contribution in [2.75, 3.05) is 11.9 Å². The van der Waals surface area contributed by atoms with Crippen LogP contribution in [0.4, 0.5) is 15.8 Å². The van der Waals surface area contributed by atoms with E-state index in [-0.39, 0.29) is 12.4 Å². The van der Waals surface area contributed by atoms with Crippen molar-refractivity contribution >= 4 is 11.4 Å². The Morgan fingerprint density at radius 1 is 1.11 bits per heavy atom. The molecule has 0 amide bonds. The second kappa shape index (κ2) is 5.19. The summed E-state index contributed by atoms with van der Waals surface area (Å²) in [6.45, 7) is 1.80. The molecule has 2 aromatic rings. The van der Waals surface area contributed by atoms with Crippen LogP contribution < -0.4 is 4.90 Å². The van der Waals surface area contributed by atoms with Crippen LogP contribution in [0.2, 0.25) is 0 Å². The second-order valence-corrected chi connectivity index (χ2v) is 4.25. The first-order chi connectivity index (χ1) is 8.65. The lowest BCUT2D eigenvalue weighted by Gasteiger charge is -2.24. The average Bonchev–Trinajstić information content (AvgIpc) is 2.38. The summed E-state index contributed by atoms with van der Waals surface area (Å²) in [4.78, 5) is 1.77. The van der Waals surface area contributed by atoms with Crippen molar-refractivity contribution in [2.45, 2.75) is 13.5 Å². The summed E-state index contributed by atoms with van der Waals surface area (Å²) in [7, 11) is 1.81. The number of halogens is 1. The lowest BCUT2D eigenvalue weighted by molar-refractivity contribution is 0.281. The van der Waals surface area contributed by atoms with Crippen molar-refractivity contribution in [1.29, 1.82) is 0 Å². The van der Waals surface area contributed by atoms with Gasteiger partial charge in [0.15, 0.2) is 0 Å². The predicted octanol–water partition coefficient (Wildman–Crippen LogP) is 3.39. The van der Waals surface area contributed by atoms with E-state index in [2.05, 4.69) is 0 Å². The van der Waals surface area contributed by atoms with Crippen LogP contribution in [-0.2, 0) is 6.61 Å². The molecule has 0 unspecified atom stereocenters. The monoisotopic (exact) mass is 245 g/mol. The van der Waals surface area contributed by atoms with Gasteiger partial charge in [-0.25, -0.2) is 4.39 Å². The molecule has 3 heteroatoms. The maximum Gasteiger partial charge on any atom is 0.147 e. The molecule has 0 saturated carbocycles. The number of para-hydroxylation sites is 2. The second-order valence-electron chi connectivity index (χ2n) is 4.25.